The van der Waals surface area contributed by atoms with E-state index in [-0.39, 0.29) is 6.29 Å². The standard InChI is InChI=1S/C24H43N5O2/c1-25-15-9-17-31-22-18-19(12-13-21(22)30-3)28-24-27-16-14-23(26-2)29(24)20-10-7-5-4-6-8-11-20/h12-13,18,20,23-28H,4-11,14-17H2,1-3H3. The topological polar surface area (TPSA) is 69.8 Å². The van der Waals surface area contributed by atoms with Crippen molar-refractivity contribution in [3.63, 3.8) is 0 Å². The second-order valence-electron chi connectivity index (χ2n) is 8.71. The highest BCUT2D eigenvalue weighted by Gasteiger charge is 2.34. The maximum atomic E-state index is 6.02. The summed E-state index contributed by atoms with van der Waals surface area (Å²) < 4.78 is 11.5. The number of anilines is 1. The molecular formula is C24H43N5O2. The monoisotopic (exact) mass is 433 g/mol. The minimum atomic E-state index is 0.0983. The number of nitrogens with one attached hydrogen (secondary N) is 4. The molecule has 2 fully saturated rings. The van der Waals surface area contributed by atoms with Gasteiger partial charge in [-0.3, -0.25) is 10.2 Å². The van der Waals surface area contributed by atoms with Crippen LogP contribution in [0.4, 0.5) is 5.69 Å². The Balaban J connectivity index is 1.73. The Morgan fingerprint density at radius 1 is 1.03 bits per heavy atom. The molecule has 176 valence electrons. The maximum absolute atomic E-state index is 6.02. The van der Waals surface area contributed by atoms with Gasteiger partial charge in [0.05, 0.1) is 19.9 Å². The third-order valence-corrected chi connectivity index (χ3v) is 6.54. The number of rotatable bonds is 10. The van der Waals surface area contributed by atoms with Gasteiger partial charge >= 0.3 is 0 Å². The zero-order valence-electron chi connectivity index (χ0n) is 19.7. The molecule has 0 radical (unpaired) electrons. The summed E-state index contributed by atoms with van der Waals surface area (Å²) in [4.78, 5) is 2.65. The van der Waals surface area contributed by atoms with Crippen LogP contribution in [0, 0.1) is 0 Å². The van der Waals surface area contributed by atoms with E-state index in [9.17, 15) is 0 Å². The molecule has 31 heavy (non-hydrogen) atoms. The van der Waals surface area contributed by atoms with Gasteiger partial charge in [0.15, 0.2) is 11.5 Å². The predicted molar refractivity (Wildman–Crippen MR) is 128 cm³/mol. The van der Waals surface area contributed by atoms with Crippen molar-refractivity contribution in [1.29, 1.82) is 0 Å². The van der Waals surface area contributed by atoms with Crippen LogP contribution < -0.4 is 30.7 Å². The lowest BCUT2D eigenvalue weighted by Gasteiger charge is -2.47. The van der Waals surface area contributed by atoms with Crippen molar-refractivity contribution in [1.82, 2.24) is 20.9 Å². The molecule has 0 bridgehead atoms. The van der Waals surface area contributed by atoms with Gasteiger partial charge in [0, 0.05) is 24.3 Å². The van der Waals surface area contributed by atoms with Crippen LogP contribution in [0.1, 0.15) is 57.8 Å². The summed E-state index contributed by atoms with van der Waals surface area (Å²) in [5, 5.41) is 14.2. The Hall–Kier alpha value is -1.54. The Morgan fingerprint density at radius 2 is 1.81 bits per heavy atom. The van der Waals surface area contributed by atoms with Crippen molar-refractivity contribution in [2.75, 3.05) is 46.2 Å². The summed E-state index contributed by atoms with van der Waals surface area (Å²) in [6.07, 6.45) is 11.9. The van der Waals surface area contributed by atoms with Crippen LogP contribution in [0.2, 0.25) is 0 Å². The molecule has 2 atom stereocenters. The summed E-state index contributed by atoms with van der Waals surface area (Å²) in [6, 6.07) is 6.74. The van der Waals surface area contributed by atoms with Gasteiger partial charge in [-0.15, -0.1) is 0 Å². The Bertz CT molecular complexity index is 636. The molecule has 4 N–H and O–H groups in total. The lowest BCUT2D eigenvalue weighted by atomic mass is 9.94. The zero-order chi connectivity index (χ0) is 21.9. The normalized spacial score (nSPS) is 23.7. The van der Waals surface area contributed by atoms with E-state index in [0.717, 1.165) is 43.1 Å². The van der Waals surface area contributed by atoms with Gasteiger partial charge in [0.25, 0.3) is 0 Å². The van der Waals surface area contributed by atoms with E-state index in [1.807, 2.05) is 13.1 Å². The van der Waals surface area contributed by atoms with E-state index in [1.54, 1.807) is 7.11 Å². The van der Waals surface area contributed by atoms with Gasteiger partial charge in [-0.05, 0) is 58.5 Å². The van der Waals surface area contributed by atoms with Crippen LogP contribution in [0.3, 0.4) is 0 Å². The Labute approximate surface area is 188 Å². The first kappa shape index (κ1) is 24.1. The van der Waals surface area contributed by atoms with Gasteiger partial charge in [-0.25, -0.2) is 0 Å². The second-order valence-corrected chi connectivity index (χ2v) is 8.71. The Kier molecular flexibility index (Phi) is 10.2. The molecular weight excluding hydrogens is 390 g/mol. The highest BCUT2D eigenvalue weighted by atomic mass is 16.5. The zero-order valence-corrected chi connectivity index (χ0v) is 19.7. The maximum Gasteiger partial charge on any atom is 0.163 e. The van der Waals surface area contributed by atoms with E-state index < -0.39 is 0 Å². The first-order valence-electron chi connectivity index (χ1n) is 12.2. The third-order valence-electron chi connectivity index (χ3n) is 6.54. The average molecular weight is 434 g/mol. The molecule has 0 aromatic heterocycles. The molecule has 1 aliphatic heterocycles. The van der Waals surface area contributed by atoms with Crippen molar-refractivity contribution in [2.45, 2.75) is 76.3 Å². The van der Waals surface area contributed by atoms with Crippen LogP contribution in [-0.2, 0) is 0 Å². The lowest BCUT2D eigenvalue weighted by Crippen LogP contribution is -2.66. The van der Waals surface area contributed by atoms with Gasteiger partial charge in [0.2, 0.25) is 0 Å². The van der Waals surface area contributed by atoms with Crippen molar-refractivity contribution in [3.05, 3.63) is 18.2 Å². The second kappa shape index (κ2) is 13.1. The van der Waals surface area contributed by atoms with E-state index in [1.165, 1.54) is 44.9 Å². The minimum absolute atomic E-state index is 0.0983. The van der Waals surface area contributed by atoms with Crippen molar-refractivity contribution in [2.24, 2.45) is 0 Å². The molecule has 3 rings (SSSR count). The summed E-state index contributed by atoms with van der Waals surface area (Å²) in [5.74, 6) is 1.57. The molecule has 1 heterocycles. The van der Waals surface area contributed by atoms with Crippen molar-refractivity contribution >= 4 is 5.69 Å². The minimum Gasteiger partial charge on any atom is -0.493 e. The summed E-state index contributed by atoms with van der Waals surface area (Å²) in [7, 11) is 5.75. The molecule has 0 spiro atoms. The van der Waals surface area contributed by atoms with Gasteiger partial charge < -0.3 is 25.4 Å². The fraction of sp³-hybridized carbons (Fsp3) is 0.750. The first-order valence-corrected chi connectivity index (χ1v) is 12.2. The molecule has 1 aromatic carbocycles. The van der Waals surface area contributed by atoms with E-state index >= 15 is 0 Å². The highest BCUT2D eigenvalue weighted by Crippen LogP contribution is 2.32. The molecule has 1 saturated heterocycles. The largest absolute Gasteiger partial charge is 0.493 e. The van der Waals surface area contributed by atoms with Gasteiger partial charge in [-0.1, -0.05) is 32.1 Å². The average Bonchev–Trinajstić information content (AvgIpc) is 2.77. The molecule has 1 aromatic rings. The molecule has 2 aliphatic rings. The molecule has 1 aliphatic carbocycles. The van der Waals surface area contributed by atoms with E-state index in [0.29, 0.717) is 18.8 Å². The first-order chi connectivity index (χ1) is 15.3. The van der Waals surface area contributed by atoms with Crippen LogP contribution in [0.25, 0.3) is 0 Å². The number of ether oxygens (including phenoxy) is 2. The molecule has 7 nitrogen and oxygen atoms in total. The van der Waals surface area contributed by atoms with E-state index in [2.05, 4.69) is 45.3 Å². The van der Waals surface area contributed by atoms with E-state index in [4.69, 9.17) is 9.47 Å². The van der Waals surface area contributed by atoms with Crippen molar-refractivity contribution in [3.8, 4) is 11.5 Å². The fourth-order valence-electron chi connectivity index (χ4n) is 4.88. The number of methoxy groups -OCH3 is 1. The number of benzene rings is 1. The SMILES string of the molecule is CNCCCOc1cc(NC2NCCC(NC)N2C2CCCCCCC2)ccc1OC. The molecule has 2 unspecified atom stereocenters. The quantitative estimate of drug-likeness (QED) is 0.422. The van der Waals surface area contributed by atoms with Gasteiger partial charge in [0.1, 0.15) is 6.29 Å². The number of nitrogens with zero attached hydrogens (tertiary/aromatic N) is 1. The van der Waals surface area contributed by atoms with Crippen LogP contribution in [0.15, 0.2) is 18.2 Å². The third kappa shape index (κ3) is 6.97. The Morgan fingerprint density at radius 3 is 2.52 bits per heavy atom. The van der Waals surface area contributed by atoms with Crippen molar-refractivity contribution < 1.29 is 9.47 Å². The lowest BCUT2D eigenvalue weighted by molar-refractivity contribution is 0.0159. The summed E-state index contributed by atoms with van der Waals surface area (Å²) in [5.41, 5.74) is 1.05. The molecule has 1 saturated carbocycles. The number of hydrogen-bond donors (Lipinski definition) is 4. The smallest absolute Gasteiger partial charge is 0.163 e. The van der Waals surface area contributed by atoms with Crippen LogP contribution in [0.5, 0.6) is 11.5 Å². The van der Waals surface area contributed by atoms with Gasteiger partial charge in [-0.2, -0.15) is 0 Å². The summed E-state index contributed by atoms with van der Waals surface area (Å²) in [6.45, 7) is 2.60. The van der Waals surface area contributed by atoms with Crippen LogP contribution in [-0.4, -0.2) is 64.3 Å². The highest BCUT2D eigenvalue weighted by molar-refractivity contribution is 5.55. The molecule has 0 amide bonds. The summed E-state index contributed by atoms with van der Waals surface area (Å²) >= 11 is 0. The number of hydrogen-bond acceptors (Lipinski definition) is 7. The van der Waals surface area contributed by atoms with Crippen LogP contribution >= 0.6 is 0 Å². The fourth-order valence-corrected chi connectivity index (χ4v) is 4.88. The predicted octanol–water partition coefficient (Wildman–Crippen LogP) is 3.33. The molecule has 7 heteroatoms.